The van der Waals surface area contributed by atoms with Crippen LogP contribution in [0.3, 0.4) is 0 Å². The number of furan rings is 1. The van der Waals surface area contributed by atoms with Gasteiger partial charge in [-0.15, -0.1) is 0 Å². The van der Waals surface area contributed by atoms with Crippen molar-refractivity contribution in [2.45, 2.75) is 20.5 Å². The second-order valence-corrected chi connectivity index (χ2v) is 6.33. The number of carbonyl (C=O) groups excluding carboxylic acids is 1. The summed E-state index contributed by atoms with van der Waals surface area (Å²) in [7, 11) is 0. The van der Waals surface area contributed by atoms with E-state index in [1.54, 1.807) is 43.3 Å². The average Bonchev–Trinajstić information content (AvgIpc) is 3.12. The highest BCUT2D eigenvalue weighted by Crippen LogP contribution is 2.22. The van der Waals surface area contributed by atoms with Crippen LogP contribution in [-0.4, -0.2) is 11.6 Å². The zero-order chi connectivity index (χ0) is 19.2. The molecule has 0 saturated carbocycles. The molecule has 3 rings (SSSR count). The van der Waals surface area contributed by atoms with Gasteiger partial charge in [0.1, 0.15) is 29.6 Å². The molecule has 27 heavy (non-hydrogen) atoms. The molecule has 0 spiro atoms. The molecule has 0 saturated heterocycles. The first-order valence-corrected chi connectivity index (χ1v) is 8.79. The lowest BCUT2D eigenvalue weighted by atomic mass is 10.2. The minimum atomic E-state index is -0.368. The number of aryl methyl sites for hydroxylation is 1. The minimum absolute atomic E-state index is 0.262. The van der Waals surface area contributed by atoms with Crippen LogP contribution in [-0.2, 0) is 6.61 Å². The van der Waals surface area contributed by atoms with Crippen molar-refractivity contribution in [2.75, 3.05) is 0 Å². The van der Waals surface area contributed by atoms with E-state index in [1.165, 1.54) is 0 Å². The molecule has 0 fully saturated rings. The summed E-state index contributed by atoms with van der Waals surface area (Å²) in [5, 5.41) is 4.72. The third kappa shape index (κ3) is 4.77. The summed E-state index contributed by atoms with van der Waals surface area (Å²) < 4.78 is 11.3. The Hall–Kier alpha value is -3.05. The van der Waals surface area contributed by atoms with Gasteiger partial charge in [0, 0.05) is 10.6 Å². The van der Waals surface area contributed by atoms with Crippen LogP contribution < -0.4 is 10.2 Å². The number of benzene rings is 2. The number of para-hydroxylation sites is 1. The second kappa shape index (κ2) is 8.56. The predicted molar refractivity (Wildman–Crippen MR) is 105 cm³/mol. The first-order chi connectivity index (χ1) is 13.0. The standard InChI is InChI=1S/C21H19ClN2O3/c1-14-11-12-19(27-14)15(2)23-24-21(25)17-8-4-6-10-20(17)26-13-16-7-3-5-9-18(16)22/h3-12H,13H2,1-2H3,(H,24,25)/b23-15+. The fourth-order valence-electron chi connectivity index (χ4n) is 2.43. The summed E-state index contributed by atoms with van der Waals surface area (Å²) in [5.41, 5.74) is 4.34. The fraction of sp³-hybridized carbons (Fsp3) is 0.143. The van der Waals surface area contributed by atoms with Crippen LogP contribution in [0.4, 0.5) is 0 Å². The predicted octanol–water partition coefficient (Wildman–Crippen LogP) is 4.97. The Bertz CT molecular complexity index is 979. The van der Waals surface area contributed by atoms with Gasteiger partial charge in [-0.3, -0.25) is 4.79 Å². The molecule has 6 heteroatoms. The van der Waals surface area contributed by atoms with Crippen molar-refractivity contribution in [2.24, 2.45) is 5.10 Å². The molecule has 0 aliphatic rings. The van der Waals surface area contributed by atoms with E-state index < -0.39 is 0 Å². The molecular formula is C21H19ClN2O3. The molecule has 3 aromatic rings. The zero-order valence-corrected chi connectivity index (χ0v) is 15.8. The highest BCUT2D eigenvalue weighted by Gasteiger charge is 2.13. The molecule has 0 aliphatic carbocycles. The largest absolute Gasteiger partial charge is 0.488 e. The smallest absolute Gasteiger partial charge is 0.275 e. The highest BCUT2D eigenvalue weighted by atomic mass is 35.5. The number of nitrogens with zero attached hydrogens (tertiary/aromatic N) is 1. The lowest BCUT2D eigenvalue weighted by Crippen LogP contribution is -2.20. The van der Waals surface area contributed by atoms with Gasteiger partial charge in [-0.25, -0.2) is 5.43 Å². The van der Waals surface area contributed by atoms with Gasteiger partial charge < -0.3 is 9.15 Å². The molecule has 0 aliphatic heterocycles. The van der Waals surface area contributed by atoms with E-state index in [9.17, 15) is 4.79 Å². The Kier molecular flexibility index (Phi) is 5.94. The summed E-state index contributed by atoms with van der Waals surface area (Å²) in [6.45, 7) is 3.87. The molecule has 0 atom stereocenters. The van der Waals surface area contributed by atoms with Gasteiger partial charge in [0.15, 0.2) is 0 Å². The normalized spacial score (nSPS) is 11.3. The quantitative estimate of drug-likeness (QED) is 0.483. The lowest BCUT2D eigenvalue weighted by molar-refractivity contribution is 0.0950. The number of nitrogens with one attached hydrogen (secondary N) is 1. The molecule has 5 nitrogen and oxygen atoms in total. The Morgan fingerprint density at radius 1 is 1.11 bits per heavy atom. The third-order valence-corrected chi connectivity index (χ3v) is 4.26. The van der Waals surface area contributed by atoms with Gasteiger partial charge in [-0.05, 0) is 44.2 Å². The number of hydrazone groups is 1. The van der Waals surface area contributed by atoms with E-state index in [4.69, 9.17) is 20.8 Å². The van der Waals surface area contributed by atoms with E-state index in [0.29, 0.717) is 27.8 Å². The number of halogens is 1. The molecule has 0 bridgehead atoms. The van der Waals surface area contributed by atoms with Crippen molar-refractivity contribution in [3.63, 3.8) is 0 Å². The Morgan fingerprint density at radius 3 is 2.59 bits per heavy atom. The molecule has 1 heterocycles. The Morgan fingerprint density at radius 2 is 1.85 bits per heavy atom. The number of ether oxygens (including phenoxy) is 1. The van der Waals surface area contributed by atoms with Crippen molar-refractivity contribution < 1.29 is 13.9 Å². The molecule has 1 aromatic heterocycles. The summed E-state index contributed by atoms with van der Waals surface area (Å²) in [5.74, 6) is 1.48. The molecule has 138 valence electrons. The number of hydrogen-bond acceptors (Lipinski definition) is 4. The SMILES string of the molecule is C/C(=N\NC(=O)c1ccccc1OCc1ccccc1Cl)c1ccc(C)o1. The van der Waals surface area contributed by atoms with Gasteiger partial charge in [-0.1, -0.05) is 41.9 Å². The molecule has 1 N–H and O–H groups in total. The van der Waals surface area contributed by atoms with E-state index in [2.05, 4.69) is 10.5 Å². The fourth-order valence-corrected chi connectivity index (χ4v) is 2.62. The monoisotopic (exact) mass is 382 g/mol. The zero-order valence-electron chi connectivity index (χ0n) is 15.0. The van der Waals surface area contributed by atoms with Gasteiger partial charge >= 0.3 is 0 Å². The summed E-state index contributed by atoms with van der Waals surface area (Å²) in [4.78, 5) is 12.5. The second-order valence-electron chi connectivity index (χ2n) is 5.92. The molecule has 1 amide bonds. The highest BCUT2D eigenvalue weighted by molar-refractivity contribution is 6.31. The van der Waals surface area contributed by atoms with Gasteiger partial charge in [0.2, 0.25) is 0 Å². The van der Waals surface area contributed by atoms with E-state index in [-0.39, 0.29) is 12.5 Å². The maximum absolute atomic E-state index is 12.5. The molecule has 0 radical (unpaired) electrons. The first-order valence-electron chi connectivity index (χ1n) is 8.41. The summed E-state index contributed by atoms with van der Waals surface area (Å²) >= 11 is 6.15. The van der Waals surface area contributed by atoms with Crippen LogP contribution in [0.2, 0.25) is 5.02 Å². The van der Waals surface area contributed by atoms with Crippen LogP contribution in [0.5, 0.6) is 5.75 Å². The van der Waals surface area contributed by atoms with Crippen molar-refractivity contribution in [1.29, 1.82) is 0 Å². The van der Waals surface area contributed by atoms with Crippen molar-refractivity contribution >= 4 is 23.2 Å². The molecule has 2 aromatic carbocycles. The van der Waals surface area contributed by atoms with E-state index in [1.807, 2.05) is 31.2 Å². The van der Waals surface area contributed by atoms with Crippen molar-refractivity contribution in [3.8, 4) is 5.75 Å². The van der Waals surface area contributed by atoms with Crippen LogP contribution >= 0.6 is 11.6 Å². The van der Waals surface area contributed by atoms with E-state index in [0.717, 1.165) is 11.3 Å². The third-order valence-electron chi connectivity index (χ3n) is 3.89. The Balaban J connectivity index is 1.71. The first kappa shape index (κ1) is 18.7. The average molecular weight is 383 g/mol. The Labute approximate surface area is 162 Å². The van der Waals surface area contributed by atoms with Gasteiger partial charge in [-0.2, -0.15) is 5.10 Å². The summed E-state index contributed by atoms with van der Waals surface area (Å²) in [6.07, 6.45) is 0. The van der Waals surface area contributed by atoms with Crippen molar-refractivity contribution in [3.05, 3.63) is 88.3 Å². The van der Waals surface area contributed by atoms with Crippen molar-refractivity contribution in [1.82, 2.24) is 5.43 Å². The lowest BCUT2D eigenvalue weighted by Gasteiger charge is -2.11. The maximum atomic E-state index is 12.5. The summed E-state index contributed by atoms with van der Waals surface area (Å²) in [6, 6.07) is 18.1. The molecular weight excluding hydrogens is 364 g/mol. The van der Waals surface area contributed by atoms with Crippen LogP contribution in [0.15, 0.2) is 70.2 Å². The number of carbonyl (C=O) groups is 1. The van der Waals surface area contributed by atoms with Gasteiger partial charge in [0.25, 0.3) is 5.91 Å². The van der Waals surface area contributed by atoms with Gasteiger partial charge in [0.05, 0.1) is 5.56 Å². The number of amides is 1. The van der Waals surface area contributed by atoms with Crippen LogP contribution in [0.25, 0.3) is 0 Å². The topological polar surface area (TPSA) is 63.8 Å². The van der Waals surface area contributed by atoms with E-state index >= 15 is 0 Å². The number of hydrogen-bond donors (Lipinski definition) is 1. The van der Waals surface area contributed by atoms with Crippen LogP contribution in [0, 0.1) is 6.92 Å². The van der Waals surface area contributed by atoms with Crippen LogP contribution in [0.1, 0.15) is 34.4 Å². The minimum Gasteiger partial charge on any atom is -0.488 e. The maximum Gasteiger partial charge on any atom is 0.275 e. The number of rotatable bonds is 6. The molecule has 0 unspecified atom stereocenters.